The van der Waals surface area contributed by atoms with Crippen LogP contribution < -0.4 is 5.19 Å². The molecule has 0 bridgehead atoms. The first-order chi connectivity index (χ1) is 10.7. The molecule has 2 rings (SSSR count). The quantitative estimate of drug-likeness (QED) is 0.553. The number of hydrogen-bond donors (Lipinski definition) is 0. The van der Waals surface area contributed by atoms with Crippen LogP contribution in [0.4, 0.5) is 4.39 Å². The Kier molecular flexibility index (Phi) is 6.73. The number of halogens is 1. The molecule has 0 aromatic heterocycles. The van der Waals surface area contributed by atoms with Gasteiger partial charge in [-0.2, -0.15) is 0 Å². The molecule has 5 heteroatoms. The van der Waals surface area contributed by atoms with Gasteiger partial charge < -0.3 is 13.9 Å². The van der Waals surface area contributed by atoms with E-state index in [9.17, 15) is 4.39 Å². The van der Waals surface area contributed by atoms with E-state index in [0.717, 1.165) is 16.3 Å². The Morgan fingerprint density at radius 2 is 1.64 bits per heavy atom. The van der Waals surface area contributed by atoms with Crippen LogP contribution in [0.3, 0.4) is 0 Å². The molecule has 0 aliphatic rings. The summed E-state index contributed by atoms with van der Waals surface area (Å²) in [6.45, 7) is 4.23. The Balaban J connectivity index is 1.97. The van der Waals surface area contributed by atoms with Crippen molar-refractivity contribution in [2.24, 2.45) is 0 Å². The maximum Gasteiger partial charge on any atom is 0.275 e. The summed E-state index contributed by atoms with van der Waals surface area (Å²) in [6.07, 6.45) is 0. The molecule has 0 fully saturated rings. The summed E-state index contributed by atoms with van der Waals surface area (Å²) in [5.74, 6) is -0.233. The minimum atomic E-state index is -0.628. The average molecular weight is 318 g/mol. The first-order valence-electron chi connectivity index (χ1n) is 7.23. The summed E-state index contributed by atoms with van der Waals surface area (Å²) < 4.78 is 29.5. The fourth-order valence-corrected chi connectivity index (χ4v) is 2.57. The number of ether oxygens (including phenoxy) is 2. The predicted octanol–water partition coefficient (Wildman–Crippen LogP) is 3.11. The molecule has 22 heavy (non-hydrogen) atoms. The summed E-state index contributed by atoms with van der Waals surface area (Å²) in [5.41, 5.74) is 1.83. The topological polar surface area (TPSA) is 27.7 Å². The van der Waals surface area contributed by atoms with Crippen molar-refractivity contribution in [2.45, 2.75) is 20.3 Å². The van der Waals surface area contributed by atoms with Crippen LogP contribution in [0.2, 0.25) is 0 Å². The zero-order valence-corrected chi connectivity index (χ0v) is 13.7. The van der Waals surface area contributed by atoms with Crippen molar-refractivity contribution in [3.63, 3.8) is 0 Å². The van der Waals surface area contributed by atoms with E-state index in [4.69, 9.17) is 13.9 Å². The third kappa shape index (κ3) is 5.03. The molecule has 0 aliphatic carbocycles. The molecule has 0 spiro atoms. The van der Waals surface area contributed by atoms with Crippen LogP contribution in [0, 0.1) is 5.82 Å². The molecular weight excluding hydrogens is 299 g/mol. The molecule has 2 aromatic rings. The van der Waals surface area contributed by atoms with Gasteiger partial charge in [-0.1, -0.05) is 36.4 Å². The lowest BCUT2D eigenvalue weighted by molar-refractivity contribution is -0.242. The first-order valence-corrected chi connectivity index (χ1v) is 8.14. The molecule has 0 N–H and O–H groups in total. The second-order valence-corrected chi connectivity index (χ2v) is 5.52. The highest BCUT2D eigenvalue weighted by atomic mass is 28.2. The van der Waals surface area contributed by atoms with E-state index in [-0.39, 0.29) is 15.6 Å². The predicted molar refractivity (Wildman–Crippen MR) is 85.3 cm³/mol. The molecule has 2 radical (unpaired) electrons. The zero-order chi connectivity index (χ0) is 15.8. The Labute approximate surface area is 133 Å². The highest BCUT2D eigenvalue weighted by Crippen LogP contribution is 2.18. The van der Waals surface area contributed by atoms with Gasteiger partial charge in [-0.05, 0) is 42.3 Å². The lowest BCUT2D eigenvalue weighted by atomic mass is 10.1. The van der Waals surface area contributed by atoms with Crippen molar-refractivity contribution in [3.05, 3.63) is 54.3 Å². The molecule has 0 atom stereocenters. The van der Waals surface area contributed by atoms with Gasteiger partial charge in [0.2, 0.25) is 0 Å². The second-order valence-electron chi connectivity index (χ2n) is 4.51. The number of benzene rings is 2. The summed E-state index contributed by atoms with van der Waals surface area (Å²) in [5, 5.41) is 1.03. The number of rotatable bonds is 8. The monoisotopic (exact) mass is 318 g/mol. The van der Waals surface area contributed by atoms with Crippen molar-refractivity contribution < 1.29 is 18.3 Å². The smallest absolute Gasteiger partial charge is 0.275 e. The van der Waals surface area contributed by atoms with E-state index in [2.05, 4.69) is 0 Å². The highest BCUT2D eigenvalue weighted by Gasteiger charge is 2.09. The van der Waals surface area contributed by atoms with Crippen molar-refractivity contribution >= 4 is 14.9 Å². The Morgan fingerprint density at radius 3 is 2.23 bits per heavy atom. The molecule has 0 heterocycles. The van der Waals surface area contributed by atoms with Gasteiger partial charge in [0.1, 0.15) is 5.82 Å². The summed E-state index contributed by atoms with van der Waals surface area (Å²) in [4.78, 5) is 0. The molecular formula is C17H19FO3Si. The molecule has 3 nitrogen and oxygen atoms in total. The molecule has 0 saturated heterocycles. The fourth-order valence-electron chi connectivity index (χ4n) is 1.90. The lowest BCUT2D eigenvalue weighted by Gasteiger charge is -2.16. The lowest BCUT2D eigenvalue weighted by Crippen LogP contribution is -2.28. The Morgan fingerprint density at radius 1 is 0.955 bits per heavy atom. The molecule has 116 valence electrons. The Hall–Kier alpha value is -1.53. The SMILES string of the molecule is CCOC(OCC)O[Si]c1ccc(-c2cccc(F)c2)cc1. The van der Waals surface area contributed by atoms with Gasteiger partial charge >= 0.3 is 0 Å². The standard InChI is InChI=1S/C17H19FO3Si/c1-3-19-17(20-4-2)21-22-16-10-8-13(9-11-16)14-6-5-7-15(18)12-14/h5-12,17H,3-4H2,1-2H3. The minimum Gasteiger partial charge on any atom is -0.366 e. The van der Waals surface area contributed by atoms with Gasteiger partial charge in [-0.15, -0.1) is 0 Å². The van der Waals surface area contributed by atoms with Gasteiger partial charge in [0.25, 0.3) is 16.2 Å². The van der Waals surface area contributed by atoms with E-state index < -0.39 is 6.48 Å². The zero-order valence-electron chi connectivity index (χ0n) is 12.7. The maximum atomic E-state index is 13.2. The van der Waals surface area contributed by atoms with Crippen LogP contribution in [0.15, 0.2) is 48.5 Å². The van der Waals surface area contributed by atoms with Crippen LogP contribution >= 0.6 is 0 Å². The molecule has 0 unspecified atom stereocenters. The van der Waals surface area contributed by atoms with E-state index in [1.807, 2.05) is 44.2 Å². The van der Waals surface area contributed by atoms with E-state index in [0.29, 0.717) is 13.2 Å². The number of hydrogen-bond acceptors (Lipinski definition) is 3. The van der Waals surface area contributed by atoms with E-state index in [1.165, 1.54) is 12.1 Å². The normalized spacial score (nSPS) is 11.1. The second kappa shape index (κ2) is 8.80. The largest absolute Gasteiger partial charge is 0.366 e. The van der Waals surface area contributed by atoms with Crippen molar-refractivity contribution in [1.29, 1.82) is 0 Å². The van der Waals surface area contributed by atoms with Gasteiger partial charge in [0.05, 0.1) is 0 Å². The van der Waals surface area contributed by atoms with Crippen LogP contribution in [-0.2, 0) is 13.9 Å². The summed E-state index contributed by atoms with van der Waals surface area (Å²) >= 11 is 0. The minimum absolute atomic E-state index is 0.132. The van der Waals surface area contributed by atoms with Crippen LogP contribution in [0.25, 0.3) is 11.1 Å². The van der Waals surface area contributed by atoms with Crippen LogP contribution in [0.5, 0.6) is 0 Å². The van der Waals surface area contributed by atoms with Crippen molar-refractivity contribution in [1.82, 2.24) is 0 Å². The summed E-state index contributed by atoms with van der Waals surface area (Å²) in [7, 11) is 0.132. The van der Waals surface area contributed by atoms with Gasteiger partial charge in [-0.25, -0.2) is 4.39 Å². The molecule has 0 amide bonds. The fraction of sp³-hybridized carbons (Fsp3) is 0.294. The van der Waals surface area contributed by atoms with Gasteiger partial charge in [0, 0.05) is 13.2 Å². The van der Waals surface area contributed by atoms with Crippen molar-refractivity contribution in [2.75, 3.05) is 13.2 Å². The van der Waals surface area contributed by atoms with Crippen LogP contribution in [0.1, 0.15) is 13.8 Å². The first kappa shape index (κ1) is 16.8. The average Bonchev–Trinajstić information content (AvgIpc) is 2.53. The third-order valence-electron chi connectivity index (χ3n) is 2.92. The molecule has 2 aromatic carbocycles. The van der Waals surface area contributed by atoms with Gasteiger partial charge in [0.15, 0.2) is 0 Å². The maximum absolute atomic E-state index is 13.2. The van der Waals surface area contributed by atoms with E-state index >= 15 is 0 Å². The van der Waals surface area contributed by atoms with Crippen LogP contribution in [-0.4, -0.2) is 29.5 Å². The van der Waals surface area contributed by atoms with E-state index in [1.54, 1.807) is 6.07 Å². The molecule has 0 saturated carbocycles. The highest BCUT2D eigenvalue weighted by molar-refractivity contribution is 6.46. The summed E-state index contributed by atoms with van der Waals surface area (Å²) in [6, 6.07) is 14.4. The van der Waals surface area contributed by atoms with Gasteiger partial charge in [-0.3, -0.25) is 0 Å². The Bertz CT molecular complexity index is 568. The molecule has 0 aliphatic heterocycles. The third-order valence-corrected chi connectivity index (χ3v) is 3.80. The van der Waals surface area contributed by atoms with Crippen molar-refractivity contribution in [3.8, 4) is 11.1 Å².